The molecule has 6 aromatic carbocycles. The lowest BCUT2D eigenvalue weighted by atomic mass is 9.90. The monoisotopic (exact) mass is 539 g/mol. The minimum Gasteiger partial charge on any atom is -0.456 e. The molecule has 8 rings (SSSR count). The summed E-state index contributed by atoms with van der Waals surface area (Å²) in [5, 5.41) is 2.27. The van der Waals surface area contributed by atoms with Gasteiger partial charge in [0.1, 0.15) is 11.2 Å². The molecule has 7 aromatic rings. The quantitative estimate of drug-likeness (QED) is 0.216. The SMILES string of the molecule is C1=Cc2c(cccc2-c2ccc(N(c3ccc(-c4ccccc4)cc3)c3ccc4c(c3)oc3ccccc34)cc2)CC1. The molecule has 0 bridgehead atoms. The predicted octanol–water partition coefficient (Wildman–Crippen LogP) is 11.3. The highest BCUT2D eigenvalue weighted by Gasteiger charge is 2.17. The van der Waals surface area contributed by atoms with E-state index in [2.05, 4.69) is 144 Å². The number of allylic oxidation sites excluding steroid dienone is 1. The average molecular weight is 540 g/mol. The molecule has 1 aromatic heterocycles. The number of rotatable bonds is 5. The summed E-state index contributed by atoms with van der Waals surface area (Å²) < 4.78 is 6.29. The molecule has 0 aliphatic heterocycles. The van der Waals surface area contributed by atoms with Gasteiger partial charge >= 0.3 is 0 Å². The fraction of sp³-hybridized carbons (Fsp3) is 0.0500. The first-order valence-corrected chi connectivity index (χ1v) is 14.6. The normalized spacial score (nSPS) is 12.5. The molecule has 200 valence electrons. The second-order valence-electron chi connectivity index (χ2n) is 10.9. The van der Waals surface area contributed by atoms with E-state index in [1.54, 1.807) is 0 Å². The van der Waals surface area contributed by atoms with Gasteiger partial charge in [-0.1, -0.05) is 103 Å². The molecule has 0 spiro atoms. The molecule has 1 heterocycles. The lowest BCUT2D eigenvalue weighted by molar-refractivity contribution is 0.669. The Balaban J connectivity index is 1.23. The van der Waals surface area contributed by atoms with Crippen LogP contribution in [0.15, 0.2) is 150 Å². The van der Waals surface area contributed by atoms with Crippen LogP contribution in [0.5, 0.6) is 0 Å². The topological polar surface area (TPSA) is 16.4 Å². The fourth-order valence-corrected chi connectivity index (χ4v) is 6.24. The van der Waals surface area contributed by atoms with Crippen LogP contribution in [0.1, 0.15) is 17.5 Å². The molecular weight excluding hydrogens is 510 g/mol. The van der Waals surface area contributed by atoms with Crippen LogP contribution in [0.4, 0.5) is 17.1 Å². The van der Waals surface area contributed by atoms with Gasteiger partial charge in [-0.3, -0.25) is 0 Å². The first-order valence-electron chi connectivity index (χ1n) is 14.6. The van der Waals surface area contributed by atoms with Crippen LogP contribution >= 0.6 is 0 Å². The summed E-state index contributed by atoms with van der Waals surface area (Å²) in [5.41, 5.74) is 12.8. The fourth-order valence-electron chi connectivity index (χ4n) is 6.24. The van der Waals surface area contributed by atoms with Crippen molar-refractivity contribution >= 4 is 45.1 Å². The van der Waals surface area contributed by atoms with Crippen molar-refractivity contribution in [1.82, 2.24) is 0 Å². The maximum atomic E-state index is 6.29. The van der Waals surface area contributed by atoms with E-state index in [9.17, 15) is 0 Å². The molecule has 0 fully saturated rings. The lowest BCUT2D eigenvalue weighted by Crippen LogP contribution is -2.09. The van der Waals surface area contributed by atoms with Gasteiger partial charge in [-0.15, -0.1) is 0 Å². The van der Waals surface area contributed by atoms with Crippen molar-refractivity contribution in [1.29, 1.82) is 0 Å². The van der Waals surface area contributed by atoms with E-state index < -0.39 is 0 Å². The average Bonchev–Trinajstić information content (AvgIpc) is 3.44. The summed E-state index contributed by atoms with van der Waals surface area (Å²) in [5.74, 6) is 0. The van der Waals surface area contributed by atoms with Gasteiger partial charge in [-0.05, 0) is 88.7 Å². The van der Waals surface area contributed by atoms with Gasteiger partial charge in [0.05, 0.1) is 0 Å². The van der Waals surface area contributed by atoms with E-state index in [0.29, 0.717) is 0 Å². The summed E-state index contributed by atoms with van der Waals surface area (Å²) in [4.78, 5) is 2.31. The number of para-hydroxylation sites is 1. The van der Waals surface area contributed by atoms with Crippen molar-refractivity contribution in [2.75, 3.05) is 4.90 Å². The largest absolute Gasteiger partial charge is 0.456 e. The van der Waals surface area contributed by atoms with Gasteiger partial charge in [0, 0.05) is 33.9 Å². The Kier molecular flexibility index (Phi) is 5.97. The van der Waals surface area contributed by atoms with Crippen molar-refractivity contribution in [3.8, 4) is 22.3 Å². The smallest absolute Gasteiger partial charge is 0.137 e. The molecule has 42 heavy (non-hydrogen) atoms. The van der Waals surface area contributed by atoms with Gasteiger partial charge in [-0.25, -0.2) is 0 Å². The summed E-state index contributed by atoms with van der Waals surface area (Å²) in [7, 11) is 0. The van der Waals surface area contributed by atoms with E-state index in [1.807, 2.05) is 12.1 Å². The van der Waals surface area contributed by atoms with Crippen LogP contribution in [0, 0.1) is 0 Å². The van der Waals surface area contributed by atoms with Gasteiger partial charge in [0.15, 0.2) is 0 Å². The van der Waals surface area contributed by atoms with Crippen molar-refractivity contribution in [2.24, 2.45) is 0 Å². The minimum absolute atomic E-state index is 0.888. The number of hydrogen-bond acceptors (Lipinski definition) is 2. The number of benzene rings is 6. The van der Waals surface area contributed by atoms with Crippen molar-refractivity contribution in [2.45, 2.75) is 12.8 Å². The van der Waals surface area contributed by atoms with E-state index in [0.717, 1.165) is 51.8 Å². The lowest BCUT2D eigenvalue weighted by Gasteiger charge is -2.26. The number of fused-ring (bicyclic) bond motifs is 4. The van der Waals surface area contributed by atoms with E-state index >= 15 is 0 Å². The summed E-state index contributed by atoms with van der Waals surface area (Å²) in [6.07, 6.45) is 6.79. The van der Waals surface area contributed by atoms with Gasteiger partial charge in [0.25, 0.3) is 0 Å². The van der Waals surface area contributed by atoms with E-state index in [-0.39, 0.29) is 0 Å². The molecule has 0 saturated carbocycles. The third-order valence-electron chi connectivity index (χ3n) is 8.35. The summed E-state index contributed by atoms with van der Waals surface area (Å²) >= 11 is 0. The molecule has 1 aliphatic rings. The molecule has 0 N–H and O–H groups in total. The highest BCUT2D eigenvalue weighted by atomic mass is 16.3. The maximum Gasteiger partial charge on any atom is 0.137 e. The molecule has 2 heteroatoms. The van der Waals surface area contributed by atoms with Crippen LogP contribution in [-0.4, -0.2) is 0 Å². The second kappa shape index (κ2) is 10.2. The van der Waals surface area contributed by atoms with E-state index in [4.69, 9.17) is 4.42 Å². The first-order chi connectivity index (χ1) is 20.8. The Labute approximate surface area is 245 Å². The van der Waals surface area contributed by atoms with Gasteiger partial charge in [-0.2, -0.15) is 0 Å². The van der Waals surface area contributed by atoms with Gasteiger partial charge in [0.2, 0.25) is 0 Å². The first kappa shape index (κ1) is 24.5. The molecule has 0 atom stereocenters. The Bertz CT molecular complexity index is 2070. The number of hydrogen-bond donors (Lipinski definition) is 0. The number of furan rings is 1. The Morgan fingerprint density at radius 3 is 1.98 bits per heavy atom. The molecule has 0 saturated heterocycles. The number of nitrogens with zero attached hydrogens (tertiary/aromatic N) is 1. The van der Waals surface area contributed by atoms with Crippen LogP contribution in [0.25, 0.3) is 50.3 Å². The standard InChI is InChI=1S/C40H29NO/c1-2-9-28(10-3-1)29-17-21-32(22-18-29)41(34-25-26-38-37-14-6-7-16-39(37)42-40(38)27-34)33-23-19-31(20-24-33)36-15-8-12-30-11-4-5-13-35(30)36/h1-3,5-10,12-27H,4,11H2. The van der Waals surface area contributed by atoms with Crippen molar-refractivity contribution in [3.63, 3.8) is 0 Å². The molecule has 1 aliphatic carbocycles. The molecule has 2 nitrogen and oxygen atoms in total. The third kappa shape index (κ3) is 4.29. The Morgan fingerprint density at radius 2 is 1.17 bits per heavy atom. The second-order valence-corrected chi connectivity index (χ2v) is 10.9. The Hall–Kier alpha value is -5.34. The minimum atomic E-state index is 0.888. The van der Waals surface area contributed by atoms with Crippen molar-refractivity contribution < 1.29 is 4.42 Å². The van der Waals surface area contributed by atoms with Gasteiger partial charge < -0.3 is 9.32 Å². The zero-order chi connectivity index (χ0) is 27.9. The molecule has 0 unspecified atom stereocenters. The molecular formula is C40H29NO. The Morgan fingerprint density at radius 1 is 0.500 bits per heavy atom. The zero-order valence-corrected chi connectivity index (χ0v) is 23.2. The number of aryl methyl sites for hydroxylation is 1. The van der Waals surface area contributed by atoms with E-state index in [1.165, 1.54) is 33.4 Å². The maximum absolute atomic E-state index is 6.29. The van der Waals surface area contributed by atoms with Crippen LogP contribution < -0.4 is 4.90 Å². The third-order valence-corrected chi connectivity index (χ3v) is 8.35. The number of anilines is 3. The predicted molar refractivity (Wildman–Crippen MR) is 177 cm³/mol. The van der Waals surface area contributed by atoms with Crippen LogP contribution in [-0.2, 0) is 6.42 Å². The summed E-state index contributed by atoms with van der Waals surface area (Å²) in [6, 6.07) is 49.7. The highest BCUT2D eigenvalue weighted by Crippen LogP contribution is 2.40. The summed E-state index contributed by atoms with van der Waals surface area (Å²) in [6.45, 7) is 0. The van der Waals surface area contributed by atoms with Crippen LogP contribution in [0.3, 0.4) is 0 Å². The molecule has 0 amide bonds. The van der Waals surface area contributed by atoms with Crippen molar-refractivity contribution in [3.05, 3.63) is 157 Å². The highest BCUT2D eigenvalue weighted by molar-refractivity contribution is 6.06. The zero-order valence-electron chi connectivity index (χ0n) is 23.2. The van der Waals surface area contributed by atoms with Crippen LogP contribution in [0.2, 0.25) is 0 Å². The molecule has 0 radical (unpaired) electrons.